The molecule has 102 valence electrons. The quantitative estimate of drug-likeness (QED) is 0.620. The first-order valence-corrected chi connectivity index (χ1v) is 8.20. The molecular formula is C17H12N2S2. The van der Waals surface area contributed by atoms with E-state index in [0.717, 1.165) is 21.1 Å². The van der Waals surface area contributed by atoms with Crippen LogP contribution in [0.4, 0.5) is 0 Å². The molecule has 0 saturated carbocycles. The summed E-state index contributed by atoms with van der Waals surface area (Å²) in [6, 6.07) is 14.3. The maximum absolute atomic E-state index is 9.38. The fourth-order valence-corrected chi connectivity index (χ4v) is 3.58. The van der Waals surface area contributed by atoms with Crippen molar-refractivity contribution in [2.45, 2.75) is 6.92 Å². The minimum absolute atomic E-state index is 0.615. The third-order valence-electron chi connectivity index (χ3n) is 2.96. The molecule has 3 rings (SSSR count). The number of nitriles is 1. The minimum atomic E-state index is 0.615. The topological polar surface area (TPSA) is 36.7 Å². The average Bonchev–Trinajstić information content (AvgIpc) is 3.15. The van der Waals surface area contributed by atoms with Crippen LogP contribution in [0.3, 0.4) is 0 Å². The molecule has 2 heterocycles. The minimum Gasteiger partial charge on any atom is -0.235 e. The molecule has 0 fully saturated rings. The van der Waals surface area contributed by atoms with E-state index in [4.69, 9.17) is 0 Å². The summed E-state index contributed by atoms with van der Waals surface area (Å²) < 4.78 is 0. The smallest absolute Gasteiger partial charge is 0.134 e. The molecule has 0 aliphatic rings. The van der Waals surface area contributed by atoms with Crippen LogP contribution in [0.25, 0.3) is 22.9 Å². The van der Waals surface area contributed by atoms with E-state index in [9.17, 15) is 5.26 Å². The van der Waals surface area contributed by atoms with Crippen molar-refractivity contribution < 1.29 is 0 Å². The van der Waals surface area contributed by atoms with Gasteiger partial charge in [0.1, 0.15) is 11.1 Å². The molecular weight excluding hydrogens is 296 g/mol. The van der Waals surface area contributed by atoms with Crippen LogP contribution in [-0.2, 0) is 0 Å². The molecule has 0 aliphatic heterocycles. The number of thiophene rings is 1. The summed E-state index contributed by atoms with van der Waals surface area (Å²) in [5, 5.41) is 14.2. The fraction of sp³-hybridized carbons (Fsp3) is 0.0588. The lowest BCUT2D eigenvalue weighted by Gasteiger charge is -1.95. The van der Waals surface area contributed by atoms with E-state index in [0.29, 0.717) is 5.57 Å². The van der Waals surface area contributed by atoms with Gasteiger partial charge in [0.15, 0.2) is 0 Å². The molecule has 1 aromatic carbocycles. The molecule has 0 aliphatic carbocycles. The zero-order chi connectivity index (χ0) is 14.7. The van der Waals surface area contributed by atoms with Crippen LogP contribution < -0.4 is 0 Å². The van der Waals surface area contributed by atoms with E-state index in [1.54, 1.807) is 11.3 Å². The molecule has 0 radical (unpaired) electrons. The Morgan fingerprint density at radius 3 is 2.67 bits per heavy atom. The van der Waals surface area contributed by atoms with Crippen molar-refractivity contribution in [2.75, 3.05) is 0 Å². The molecule has 0 N–H and O–H groups in total. The lowest BCUT2D eigenvalue weighted by molar-refractivity contribution is 1.37. The molecule has 0 unspecified atom stereocenters. The largest absolute Gasteiger partial charge is 0.235 e. The molecule has 0 spiro atoms. The van der Waals surface area contributed by atoms with Crippen molar-refractivity contribution in [3.05, 3.63) is 62.6 Å². The van der Waals surface area contributed by atoms with Crippen molar-refractivity contribution >= 4 is 34.3 Å². The number of hydrogen-bond donors (Lipinski definition) is 0. The molecule has 2 nitrogen and oxygen atoms in total. The Hall–Kier alpha value is -2.22. The molecule has 0 bridgehead atoms. The SMILES string of the molecule is Cc1csc(/C=C(\C#N)c2nc(-c3ccccc3)cs2)c1. The second-order valence-corrected chi connectivity index (χ2v) is 6.40. The van der Waals surface area contributed by atoms with Crippen LogP contribution in [0, 0.1) is 18.3 Å². The highest BCUT2D eigenvalue weighted by atomic mass is 32.1. The number of nitrogens with zero attached hydrogens (tertiary/aromatic N) is 2. The molecule has 0 amide bonds. The predicted octanol–water partition coefficient (Wildman–Crippen LogP) is 5.24. The standard InChI is InChI=1S/C17H12N2S2/c1-12-7-15(20-10-12)8-14(9-18)17-19-16(11-21-17)13-5-3-2-4-6-13/h2-8,10-11H,1H3/b14-8+. The summed E-state index contributed by atoms with van der Waals surface area (Å²) in [5.41, 5.74) is 3.82. The van der Waals surface area contributed by atoms with Crippen LogP contribution in [0.15, 0.2) is 47.2 Å². The summed E-state index contributed by atoms with van der Waals surface area (Å²) in [6.07, 6.45) is 1.91. The van der Waals surface area contributed by atoms with E-state index < -0.39 is 0 Å². The summed E-state index contributed by atoms with van der Waals surface area (Å²) in [5.74, 6) is 0. The van der Waals surface area contributed by atoms with Gasteiger partial charge in [0, 0.05) is 15.8 Å². The van der Waals surface area contributed by atoms with Gasteiger partial charge in [0.25, 0.3) is 0 Å². The molecule has 21 heavy (non-hydrogen) atoms. The second kappa shape index (κ2) is 6.04. The highest BCUT2D eigenvalue weighted by molar-refractivity contribution is 7.12. The van der Waals surface area contributed by atoms with Gasteiger partial charge in [-0.05, 0) is 30.0 Å². The van der Waals surface area contributed by atoms with Gasteiger partial charge in [0.05, 0.1) is 11.3 Å². The highest BCUT2D eigenvalue weighted by Crippen LogP contribution is 2.28. The van der Waals surface area contributed by atoms with Gasteiger partial charge in [-0.15, -0.1) is 22.7 Å². The van der Waals surface area contributed by atoms with Crippen LogP contribution in [0.2, 0.25) is 0 Å². The Bertz CT molecular complexity index is 820. The Labute approximate surface area is 131 Å². The van der Waals surface area contributed by atoms with Crippen LogP contribution >= 0.6 is 22.7 Å². The maximum atomic E-state index is 9.38. The molecule has 0 saturated heterocycles. The van der Waals surface area contributed by atoms with E-state index in [-0.39, 0.29) is 0 Å². The van der Waals surface area contributed by atoms with Gasteiger partial charge >= 0.3 is 0 Å². The first-order valence-electron chi connectivity index (χ1n) is 6.44. The molecule has 3 aromatic rings. The van der Waals surface area contributed by atoms with Crippen molar-refractivity contribution in [3.8, 4) is 17.3 Å². The normalized spacial score (nSPS) is 11.3. The van der Waals surface area contributed by atoms with Gasteiger partial charge in [0.2, 0.25) is 0 Å². The van der Waals surface area contributed by atoms with Gasteiger partial charge in [-0.25, -0.2) is 4.98 Å². The van der Waals surface area contributed by atoms with Crippen LogP contribution in [-0.4, -0.2) is 4.98 Å². The van der Waals surface area contributed by atoms with E-state index in [1.807, 2.05) is 41.8 Å². The molecule has 4 heteroatoms. The highest BCUT2D eigenvalue weighted by Gasteiger charge is 2.09. The summed E-state index contributed by atoms with van der Waals surface area (Å²) in [4.78, 5) is 5.67. The number of benzene rings is 1. The summed E-state index contributed by atoms with van der Waals surface area (Å²) in [6.45, 7) is 2.05. The first kappa shape index (κ1) is 13.7. The number of aryl methyl sites for hydroxylation is 1. The van der Waals surface area contributed by atoms with Crippen molar-refractivity contribution in [2.24, 2.45) is 0 Å². The van der Waals surface area contributed by atoms with Crippen LogP contribution in [0.5, 0.6) is 0 Å². The molecule has 2 aromatic heterocycles. The summed E-state index contributed by atoms with van der Waals surface area (Å²) >= 11 is 3.15. The number of rotatable bonds is 3. The third-order valence-corrected chi connectivity index (χ3v) is 4.84. The zero-order valence-electron chi connectivity index (χ0n) is 11.4. The average molecular weight is 308 g/mol. The first-order chi connectivity index (χ1) is 10.3. The summed E-state index contributed by atoms with van der Waals surface area (Å²) in [7, 11) is 0. The number of allylic oxidation sites excluding steroid dienone is 1. The Kier molecular flexibility index (Phi) is 3.96. The van der Waals surface area contributed by atoms with Crippen LogP contribution in [0.1, 0.15) is 15.4 Å². The van der Waals surface area contributed by atoms with E-state index >= 15 is 0 Å². The van der Waals surface area contributed by atoms with Gasteiger partial charge < -0.3 is 0 Å². The third kappa shape index (κ3) is 3.10. The fourth-order valence-electron chi connectivity index (χ4n) is 1.95. The van der Waals surface area contributed by atoms with E-state index in [1.165, 1.54) is 16.9 Å². The Morgan fingerprint density at radius 1 is 1.19 bits per heavy atom. The van der Waals surface area contributed by atoms with Gasteiger partial charge in [-0.1, -0.05) is 30.3 Å². The Morgan fingerprint density at radius 2 is 2.00 bits per heavy atom. The Balaban J connectivity index is 1.95. The maximum Gasteiger partial charge on any atom is 0.134 e. The second-order valence-electron chi connectivity index (χ2n) is 4.60. The lowest BCUT2D eigenvalue weighted by Crippen LogP contribution is -1.81. The molecule has 0 atom stereocenters. The van der Waals surface area contributed by atoms with Crippen molar-refractivity contribution in [1.29, 1.82) is 5.26 Å². The lowest BCUT2D eigenvalue weighted by atomic mass is 10.2. The number of aromatic nitrogens is 1. The van der Waals surface area contributed by atoms with Gasteiger partial charge in [-0.2, -0.15) is 5.26 Å². The van der Waals surface area contributed by atoms with Crippen molar-refractivity contribution in [1.82, 2.24) is 4.98 Å². The van der Waals surface area contributed by atoms with Gasteiger partial charge in [-0.3, -0.25) is 0 Å². The monoisotopic (exact) mass is 308 g/mol. The van der Waals surface area contributed by atoms with E-state index in [2.05, 4.69) is 29.4 Å². The zero-order valence-corrected chi connectivity index (χ0v) is 13.0. The van der Waals surface area contributed by atoms with Crippen molar-refractivity contribution in [3.63, 3.8) is 0 Å². The predicted molar refractivity (Wildman–Crippen MR) is 90.1 cm³/mol. The number of hydrogen-bond acceptors (Lipinski definition) is 4. The number of thiazole rings is 1.